The summed E-state index contributed by atoms with van der Waals surface area (Å²) in [4.78, 5) is 15.5. The molecule has 4 N–H and O–H groups in total. The van der Waals surface area contributed by atoms with E-state index in [-0.39, 0.29) is 22.9 Å². The monoisotopic (exact) mass is 606 g/mol. The molecule has 0 aliphatic carbocycles. The Hall–Kier alpha value is -3.01. The molecule has 2 rings (SSSR count). The zero-order chi connectivity index (χ0) is 32.8. The highest BCUT2D eigenvalue weighted by molar-refractivity contribution is 6.01. The molecule has 1 aliphatic heterocycles. The predicted octanol–water partition coefficient (Wildman–Crippen LogP) is 7.14. The van der Waals surface area contributed by atoms with Crippen LogP contribution < -0.4 is 16.2 Å². The van der Waals surface area contributed by atoms with E-state index in [4.69, 9.17) is 10.1 Å². The van der Waals surface area contributed by atoms with Crippen LogP contribution in [-0.4, -0.2) is 49.0 Å². The van der Waals surface area contributed by atoms with Crippen molar-refractivity contribution in [3.63, 3.8) is 0 Å². The van der Waals surface area contributed by atoms with Crippen molar-refractivity contribution in [1.29, 1.82) is 0 Å². The second-order valence-electron chi connectivity index (χ2n) is 11.3. The minimum Gasteiger partial charge on any atom is -0.387 e. The van der Waals surface area contributed by atoms with Crippen molar-refractivity contribution in [2.24, 2.45) is 16.3 Å². The third kappa shape index (κ3) is 17.6. The topological polar surface area (TPSA) is 85.8 Å². The van der Waals surface area contributed by atoms with Gasteiger partial charge >= 0.3 is 0 Å². The Balaban J connectivity index is 0.000000976. The number of aliphatic hydroxyl groups excluding tert-OH is 1. The second kappa shape index (κ2) is 22.5. The molecule has 0 bridgehead atoms. The normalized spacial score (nSPS) is 17.6. The number of nitrogens with zero attached hydrogens (tertiary/aromatic N) is 1. The summed E-state index contributed by atoms with van der Waals surface area (Å²) in [6.07, 6.45) is 12.6. The van der Waals surface area contributed by atoms with Gasteiger partial charge in [0.2, 0.25) is 5.91 Å². The van der Waals surface area contributed by atoms with Crippen molar-refractivity contribution in [1.82, 2.24) is 16.2 Å². The molecule has 9 heteroatoms. The van der Waals surface area contributed by atoms with Crippen molar-refractivity contribution in [2.45, 2.75) is 80.2 Å². The Morgan fingerprint density at radius 3 is 2.49 bits per heavy atom. The number of aliphatic imine (C=N–C) groups is 1. The maximum absolute atomic E-state index is 14.3. The fraction of sp³-hybridized carbons (Fsp3) is 0.529. The summed E-state index contributed by atoms with van der Waals surface area (Å²) in [5.41, 5.74) is 4.66. The molecule has 1 heterocycles. The molecule has 43 heavy (non-hydrogen) atoms. The van der Waals surface area contributed by atoms with E-state index in [0.717, 1.165) is 31.0 Å². The SMILES string of the molecule is C=C/C=C\C=C(/C)C/C=C(\CC(C)(C)C)N=C(CCC)c1cc(F)ccc1F.CC.O=C(CO)NCC1CNCC1NF. The quantitative estimate of drug-likeness (QED) is 0.109. The van der Waals surface area contributed by atoms with Gasteiger partial charge in [-0.05, 0) is 49.8 Å². The maximum atomic E-state index is 14.3. The first kappa shape index (κ1) is 40.0. The lowest BCUT2D eigenvalue weighted by Gasteiger charge is -2.19. The lowest BCUT2D eigenvalue weighted by molar-refractivity contribution is -0.124. The van der Waals surface area contributed by atoms with Crippen molar-refractivity contribution < 1.29 is 23.2 Å². The molecule has 1 aliphatic rings. The second-order valence-corrected chi connectivity index (χ2v) is 11.3. The van der Waals surface area contributed by atoms with E-state index in [2.05, 4.69) is 51.0 Å². The molecule has 1 aromatic carbocycles. The largest absolute Gasteiger partial charge is 0.387 e. The van der Waals surface area contributed by atoms with Gasteiger partial charge in [-0.25, -0.2) is 8.78 Å². The number of halogens is 3. The number of carbonyl (C=O) groups excluding carboxylic acids is 1. The summed E-state index contributed by atoms with van der Waals surface area (Å²) in [7, 11) is 0. The summed E-state index contributed by atoms with van der Waals surface area (Å²) in [5.74, 6) is -1.27. The molecule has 242 valence electrons. The third-order valence-electron chi connectivity index (χ3n) is 6.19. The first-order valence-electron chi connectivity index (χ1n) is 15.0. The lowest BCUT2D eigenvalue weighted by Crippen LogP contribution is -2.39. The summed E-state index contributed by atoms with van der Waals surface area (Å²) in [6, 6.07) is 3.30. The first-order valence-corrected chi connectivity index (χ1v) is 15.0. The Morgan fingerprint density at radius 1 is 1.21 bits per heavy atom. The average Bonchev–Trinajstić information content (AvgIpc) is 3.44. The Labute approximate surface area is 257 Å². The van der Waals surface area contributed by atoms with Crippen LogP contribution in [0, 0.1) is 23.0 Å². The standard InChI is InChI=1S/C25H33F2N.C7H14FN3O2.C2H6/c1-7-9-10-12-19(3)13-15-21(18-25(4,5)6)28-24(11-8-2)22-17-20(26)14-16-23(22)27;8-11-6-3-9-1-5(6)2-10-7(13)4-12;1-2/h7,9-10,12,14-17H,1,8,11,13,18H2,2-6H3;5-6,9,11-12H,1-4H2,(H,10,13);1-2H3/b10-9-,19-12+,21-15+,28-24?;;. The number of carbonyl (C=O) groups is 1. The minimum atomic E-state index is -0.520. The van der Waals surface area contributed by atoms with Gasteiger partial charge in [0.25, 0.3) is 0 Å². The van der Waals surface area contributed by atoms with E-state index >= 15 is 0 Å². The summed E-state index contributed by atoms with van der Waals surface area (Å²) < 4.78 is 40.1. The van der Waals surface area contributed by atoms with Crippen LogP contribution in [-0.2, 0) is 4.79 Å². The highest BCUT2D eigenvalue weighted by Gasteiger charge is 2.27. The van der Waals surface area contributed by atoms with Crippen LogP contribution in [0.25, 0.3) is 0 Å². The third-order valence-corrected chi connectivity index (χ3v) is 6.19. The number of benzene rings is 1. The van der Waals surface area contributed by atoms with Crippen LogP contribution in [0.4, 0.5) is 13.3 Å². The van der Waals surface area contributed by atoms with Gasteiger partial charge < -0.3 is 15.7 Å². The Kier molecular flexibility index (Phi) is 20.9. The maximum Gasteiger partial charge on any atom is 0.245 e. The Morgan fingerprint density at radius 2 is 1.91 bits per heavy atom. The number of aliphatic hydroxyl groups is 1. The summed E-state index contributed by atoms with van der Waals surface area (Å²) in [5, 5.41) is 13.9. The van der Waals surface area contributed by atoms with Gasteiger partial charge in [-0.1, -0.05) is 90.5 Å². The van der Waals surface area contributed by atoms with E-state index < -0.39 is 24.1 Å². The number of allylic oxidation sites excluding steroid dienone is 7. The van der Waals surface area contributed by atoms with E-state index in [1.165, 1.54) is 17.7 Å². The molecule has 1 aromatic rings. The van der Waals surface area contributed by atoms with Gasteiger partial charge in [-0.3, -0.25) is 9.79 Å². The van der Waals surface area contributed by atoms with E-state index in [9.17, 15) is 18.1 Å². The fourth-order valence-corrected chi connectivity index (χ4v) is 4.10. The van der Waals surface area contributed by atoms with Crippen molar-refractivity contribution >= 4 is 11.6 Å². The molecule has 0 radical (unpaired) electrons. The van der Waals surface area contributed by atoms with Gasteiger partial charge in [-0.2, -0.15) is 5.54 Å². The number of hydrogen-bond acceptors (Lipinski definition) is 5. The summed E-state index contributed by atoms with van der Waals surface area (Å²) >= 11 is 0. The van der Waals surface area contributed by atoms with E-state index in [1.54, 1.807) is 11.6 Å². The van der Waals surface area contributed by atoms with Crippen LogP contribution in [0.15, 0.2) is 71.4 Å². The minimum absolute atomic E-state index is 0.0352. The summed E-state index contributed by atoms with van der Waals surface area (Å²) in [6.45, 7) is 19.3. The Bertz CT molecular complexity index is 1090. The van der Waals surface area contributed by atoms with Gasteiger partial charge in [-0.15, -0.1) is 4.48 Å². The molecule has 1 fully saturated rings. The molecule has 0 spiro atoms. The van der Waals surface area contributed by atoms with E-state index in [1.807, 2.05) is 39.0 Å². The zero-order valence-corrected chi connectivity index (χ0v) is 27.1. The van der Waals surface area contributed by atoms with Crippen LogP contribution in [0.3, 0.4) is 0 Å². The fourth-order valence-electron chi connectivity index (χ4n) is 4.10. The molecule has 1 amide bonds. The van der Waals surface area contributed by atoms with E-state index in [0.29, 0.717) is 31.8 Å². The van der Waals surface area contributed by atoms with Crippen LogP contribution in [0.2, 0.25) is 0 Å². The number of amides is 1. The highest BCUT2D eigenvalue weighted by atomic mass is 19.2. The van der Waals surface area contributed by atoms with Crippen molar-refractivity contribution in [3.05, 3.63) is 83.6 Å². The molecule has 0 aromatic heterocycles. The van der Waals surface area contributed by atoms with Crippen LogP contribution in [0.5, 0.6) is 0 Å². The van der Waals surface area contributed by atoms with Crippen molar-refractivity contribution in [2.75, 3.05) is 26.2 Å². The number of hydrogen-bond donors (Lipinski definition) is 4. The molecule has 2 atom stereocenters. The molecular formula is C34H53F3N4O2. The molecule has 0 saturated carbocycles. The number of nitrogens with one attached hydrogen (secondary N) is 3. The smallest absolute Gasteiger partial charge is 0.245 e. The lowest BCUT2D eigenvalue weighted by atomic mass is 9.90. The first-order chi connectivity index (χ1) is 20.4. The molecule has 2 unspecified atom stereocenters. The predicted molar refractivity (Wildman–Crippen MR) is 174 cm³/mol. The number of rotatable bonds is 13. The van der Waals surface area contributed by atoms with Gasteiger partial charge in [0, 0.05) is 36.8 Å². The molecular weight excluding hydrogens is 553 g/mol. The van der Waals surface area contributed by atoms with Gasteiger partial charge in [0.05, 0.1) is 11.8 Å². The van der Waals surface area contributed by atoms with Crippen molar-refractivity contribution in [3.8, 4) is 0 Å². The van der Waals surface area contributed by atoms with Crippen LogP contribution >= 0.6 is 0 Å². The van der Waals surface area contributed by atoms with Gasteiger partial charge in [0.15, 0.2) is 0 Å². The average molecular weight is 607 g/mol. The highest BCUT2D eigenvalue weighted by Crippen LogP contribution is 2.27. The molecule has 1 saturated heterocycles. The van der Waals surface area contributed by atoms with Crippen LogP contribution in [0.1, 0.15) is 79.7 Å². The van der Waals surface area contributed by atoms with Gasteiger partial charge in [0.1, 0.15) is 18.2 Å². The zero-order valence-electron chi connectivity index (χ0n) is 27.1. The molecule has 6 nitrogen and oxygen atoms in total.